The first-order valence-corrected chi connectivity index (χ1v) is 8.72. The van der Waals surface area contributed by atoms with E-state index >= 15 is 0 Å². The van der Waals surface area contributed by atoms with E-state index in [0.717, 1.165) is 14.8 Å². The van der Waals surface area contributed by atoms with Crippen LogP contribution in [-0.2, 0) is 9.63 Å². The Labute approximate surface area is 160 Å². The molecule has 6 nitrogen and oxygen atoms in total. The topological polar surface area (TPSA) is 69.2 Å². The molecule has 0 unspecified atom stereocenters. The van der Waals surface area contributed by atoms with Crippen LogP contribution in [0.15, 0.2) is 47.6 Å². The molecule has 25 heavy (non-hydrogen) atoms. The molecule has 2 aromatic rings. The summed E-state index contributed by atoms with van der Waals surface area (Å²) in [6.07, 6.45) is 1.51. The lowest BCUT2D eigenvalue weighted by Gasteiger charge is -2.09. The second-order valence-corrected chi connectivity index (χ2v) is 6.16. The number of ether oxygens (including phenoxy) is 2. The Kier molecular flexibility index (Phi) is 7.52. The predicted octanol–water partition coefficient (Wildman–Crippen LogP) is 3.69. The molecule has 0 bridgehead atoms. The first-order valence-electron chi connectivity index (χ1n) is 7.64. The standard InChI is InChI=1S/C18H19IN2O4/c1-3-24-16-8-7-13(9-17(16)23-2)11-20-25-12-18(22)21-15-6-4-5-14(19)10-15/h4-11H,3,12H2,1-2H3,(H,21,22)/b20-11+. The molecule has 0 aromatic heterocycles. The van der Waals surface area contributed by atoms with Crippen LogP contribution in [0, 0.1) is 3.57 Å². The molecule has 1 amide bonds. The Bertz CT molecular complexity index is 750. The zero-order valence-electron chi connectivity index (χ0n) is 14.0. The molecule has 0 saturated heterocycles. The highest BCUT2D eigenvalue weighted by molar-refractivity contribution is 14.1. The Balaban J connectivity index is 1.85. The molecule has 0 fully saturated rings. The molecule has 1 N–H and O–H groups in total. The zero-order valence-corrected chi connectivity index (χ0v) is 16.1. The van der Waals surface area contributed by atoms with E-state index in [-0.39, 0.29) is 12.5 Å². The van der Waals surface area contributed by atoms with Crippen LogP contribution >= 0.6 is 22.6 Å². The van der Waals surface area contributed by atoms with Gasteiger partial charge in [-0.25, -0.2) is 0 Å². The van der Waals surface area contributed by atoms with Gasteiger partial charge in [0.2, 0.25) is 0 Å². The summed E-state index contributed by atoms with van der Waals surface area (Å²) in [6.45, 7) is 2.29. The molecule has 0 atom stereocenters. The number of rotatable bonds is 8. The van der Waals surface area contributed by atoms with Crippen molar-refractivity contribution >= 4 is 40.4 Å². The van der Waals surface area contributed by atoms with Gasteiger partial charge in [-0.15, -0.1) is 0 Å². The smallest absolute Gasteiger partial charge is 0.265 e. The van der Waals surface area contributed by atoms with Crippen molar-refractivity contribution in [2.75, 3.05) is 25.6 Å². The van der Waals surface area contributed by atoms with Gasteiger partial charge in [0.25, 0.3) is 5.91 Å². The number of oxime groups is 1. The van der Waals surface area contributed by atoms with Crippen LogP contribution < -0.4 is 14.8 Å². The number of benzene rings is 2. The third kappa shape index (κ3) is 6.26. The van der Waals surface area contributed by atoms with Crippen LogP contribution in [-0.4, -0.2) is 32.4 Å². The number of nitrogens with one attached hydrogen (secondary N) is 1. The molecular weight excluding hydrogens is 435 g/mol. The van der Waals surface area contributed by atoms with E-state index in [4.69, 9.17) is 14.3 Å². The first kappa shape index (κ1) is 19.0. The van der Waals surface area contributed by atoms with Crippen molar-refractivity contribution in [3.05, 3.63) is 51.6 Å². The molecule has 132 valence electrons. The van der Waals surface area contributed by atoms with E-state index in [1.807, 2.05) is 37.3 Å². The van der Waals surface area contributed by atoms with Crippen LogP contribution in [0.5, 0.6) is 11.5 Å². The minimum absolute atomic E-state index is 0.170. The average molecular weight is 454 g/mol. The predicted molar refractivity (Wildman–Crippen MR) is 105 cm³/mol. The molecule has 2 aromatic carbocycles. The van der Waals surface area contributed by atoms with Gasteiger partial charge in [-0.3, -0.25) is 4.79 Å². The van der Waals surface area contributed by atoms with Crippen molar-refractivity contribution in [2.45, 2.75) is 6.92 Å². The molecule has 2 rings (SSSR count). The van der Waals surface area contributed by atoms with Gasteiger partial charge in [-0.2, -0.15) is 0 Å². The molecule has 7 heteroatoms. The minimum Gasteiger partial charge on any atom is -0.493 e. The monoisotopic (exact) mass is 454 g/mol. The number of halogens is 1. The lowest BCUT2D eigenvalue weighted by molar-refractivity contribution is -0.120. The summed E-state index contributed by atoms with van der Waals surface area (Å²) < 4.78 is 11.8. The lowest BCUT2D eigenvalue weighted by Crippen LogP contribution is -2.17. The van der Waals surface area contributed by atoms with Crippen molar-refractivity contribution in [1.82, 2.24) is 0 Å². The number of hydrogen-bond donors (Lipinski definition) is 1. The van der Waals surface area contributed by atoms with Crippen molar-refractivity contribution in [1.29, 1.82) is 0 Å². The van der Waals surface area contributed by atoms with E-state index in [1.54, 1.807) is 19.2 Å². The number of methoxy groups -OCH3 is 1. The molecular formula is C18H19IN2O4. The number of carbonyl (C=O) groups is 1. The van der Waals surface area contributed by atoms with Gasteiger partial charge < -0.3 is 19.6 Å². The quantitative estimate of drug-likeness (QED) is 0.376. The second kappa shape index (κ2) is 9.87. The highest BCUT2D eigenvalue weighted by Gasteiger charge is 2.05. The van der Waals surface area contributed by atoms with Crippen molar-refractivity contribution in [3.8, 4) is 11.5 Å². The Hall–Kier alpha value is -2.29. The number of nitrogens with zero attached hydrogens (tertiary/aromatic N) is 1. The van der Waals surface area contributed by atoms with Crippen molar-refractivity contribution < 1.29 is 19.1 Å². The average Bonchev–Trinajstić information content (AvgIpc) is 2.60. The van der Waals surface area contributed by atoms with Crippen LogP contribution in [0.25, 0.3) is 0 Å². The summed E-state index contributed by atoms with van der Waals surface area (Å²) in [5.74, 6) is 1.01. The van der Waals surface area contributed by atoms with Crippen LogP contribution in [0.4, 0.5) is 5.69 Å². The molecule has 0 aliphatic carbocycles. The summed E-state index contributed by atoms with van der Waals surface area (Å²) in [5, 5.41) is 6.55. The van der Waals surface area contributed by atoms with Gasteiger partial charge in [0.15, 0.2) is 18.1 Å². The zero-order chi connectivity index (χ0) is 18.1. The number of carbonyl (C=O) groups excluding carboxylic acids is 1. The first-order chi connectivity index (χ1) is 12.1. The van der Waals surface area contributed by atoms with Crippen molar-refractivity contribution in [3.63, 3.8) is 0 Å². The Morgan fingerprint density at radius 1 is 1.24 bits per heavy atom. The van der Waals surface area contributed by atoms with Gasteiger partial charge in [-0.05, 0) is 65.9 Å². The molecule has 0 radical (unpaired) electrons. The van der Waals surface area contributed by atoms with Crippen LogP contribution in [0.1, 0.15) is 12.5 Å². The van der Waals surface area contributed by atoms with E-state index in [2.05, 4.69) is 33.1 Å². The van der Waals surface area contributed by atoms with Gasteiger partial charge in [0, 0.05) is 14.8 Å². The fraction of sp³-hybridized carbons (Fsp3) is 0.222. The summed E-state index contributed by atoms with van der Waals surface area (Å²) >= 11 is 2.18. The number of amides is 1. The van der Waals surface area contributed by atoms with E-state index in [0.29, 0.717) is 18.1 Å². The van der Waals surface area contributed by atoms with Crippen LogP contribution in [0.3, 0.4) is 0 Å². The molecule has 0 aliphatic rings. The van der Waals surface area contributed by atoms with Gasteiger partial charge in [-0.1, -0.05) is 11.2 Å². The minimum atomic E-state index is -0.275. The summed E-state index contributed by atoms with van der Waals surface area (Å²) in [7, 11) is 1.57. The molecule has 0 spiro atoms. The highest BCUT2D eigenvalue weighted by atomic mass is 127. The SMILES string of the molecule is CCOc1ccc(/C=N/OCC(=O)Nc2cccc(I)c2)cc1OC. The van der Waals surface area contributed by atoms with Crippen LogP contribution in [0.2, 0.25) is 0 Å². The largest absolute Gasteiger partial charge is 0.493 e. The van der Waals surface area contributed by atoms with Gasteiger partial charge >= 0.3 is 0 Å². The van der Waals surface area contributed by atoms with E-state index in [1.165, 1.54) is 6.21 Å². The number of hydrogen-bond acceptors (Lipinski definition) is 5. The van der Waals surface area contributed by atoms with Gasteiger partial charge in [0.1, 0.15) is 0 Å². The Morgan fingerprint density at radius 3 is 2.80 bits per heavy atom. The molecule has 0 heterocycles. The highest BCUT2D eigenvalue weighted by Crippen LogP contribution is 2.27. The molecule has 0 aliphatic heterocycles. The third-order valence-electron chi connectivity index (χ3n) is 3.07. The fourth-order valence-electron chi connectivity index (χ4n) is 2.00. The lowest BCUT2D eigenvalue weighted by atomic mass is 10.2. The summed E-state index contributed by atoms with van der Waals surface area (Å²) in [4.78, 5) is 16.8. The third-order valence-corrected chi connectivity index (χ3v) is 3.74. The fourth-order valence-corrected chi connectivity index (χ4v) is 2.54. The van der Waals surface area contributed by atoms with E-state index in [9.17, 15) is 4.79 Å². The van der Waals surface area contributed by atoms with Crippen molar-refractivity contribution in [2.24, 2.45) is 5.16 Å². The maximum Gasteiger partial charge on any atom is 0.265 e. The maximum atomic E-state index is 11.8. The second-order valence-electron chi connectivity index (χ2n) is 4.91. The number of anilines is 1. The normalized spacial score (nSPS) is 10.5. The molecule has 0 saturated carbocycles. The maximum absolute atomic E-state index is 11.8. The van der Waals surface area contributed by atoms with E-state index < -0.39 is 0 Å². The van der Waals surface area contributed by atoms with Gasteiger partial charge in [0.05, 0.1) is 19.9 Å². The summed E-state index contributed by atoms with van der Waals surface area (Å²) in [5.41, 5.74) is 1.50. The summed E-state index contributed by atoms with van der Waals surface area (Å²) in [6, 6.07) is 12.9. The Morgan fingerprint density at radius 2 is 2.08 bits per heavy atom.